The fourth-order valence-corrected chi connectivity index (χ4v) is 3.46. The summed E-state index contributed by atoms with van der Waals surface area (Å²) in [5.74, 6) is 0. The fourth-order valence-electron chi connectivity index (χ4n) is 1.84. The second-order valence-electron chi connectivity index (χ2n) is 4.74. The lowest BCUT2D eigenvalue weighted by Crippen LogP contribution is -2.53. The Hall–Kier alpha value is -0.990. The van der Waals surface area contributed by atoms with Gasteiger partial charge in [0.1, 0.15) is 10.8 Å². The van der Waals surface area contributed by atoms with Gasteiger partial charge in [0, 0.05) is 13.3 Å². The second-order valence-corrected chi connectivity index (χ2v) is 6.81. The molecule has 1 saturated heterocycles. The Morgan fingerprint density at radius 3 is 2.70 bits per heavy atom. The number of ether oxygens (including phenoxy) is 2. The van der Waals surface area contributed by atoms with Crippen molar-refractivity contribution in [2.24, 2.45) is 0 Å². The van der Waals surface area contributed by atoms with Crippen LogP contribution in [0.4, 0.5) is 0 Å². The molecule has 8 heteroatoms. The van der Waals surface area contributed by atoms with Crippen molar-refractivity contribution in [3.63, 3.8) is 0 Å². The first-order chi connectivity index (χ1) is 9.24. The Bertz CT molecular complexity index is 625. The maximum absolute atomic E-state index is 12.3. The highest BCUT2D eigenvalue weighted by Crippen LogP contribution is 2.32. The lowest BCUT2D eigenvalue weighted by atomic mass is 10.1. The van der Waals surface area contributed by atoms with Gasteiger partial charge in [-0.15, -0.1) is 0 Å². The van der Waals surface area contributed by atoms with Crippen molar-refractivity contribution in [1.82, 2.24) is 9.71 Å². The molecule has 1 fully saturated rings. The summed E-state index contributed by atoms with van der Waals surface area (Å²) in [6.45, 7) is 3.32. The highest BCUT2D eigenvalue weighted by Gasteiger charge is 2.42. The third-order valence-electron chi connectivity index (χ3n) is 2.80. The SMILES string of the molecule is COC1NS(=O)(=O)/C(=C/c2ccc(Cl)nc2)C(C)(C)O1. The summed E-state index contributed by atoms with van der Waals surface area (Å²) in [5, 5.41) is 0.340. The van der Waals surface area contributed by atoms with Gasteiger partial charge in [-0.1, -0.05) is 17.7 Å². The lowest BCUT2D eigenvalue weighted by molar-refractivity contribution is -0.184. The van der Waals surface area contributed by atoms with Crippen molar-refractivity contribution in [2.45, 2.75) is 25.9 Å². The van der Waals surface area contributed by atoms with Gasteiger partial charge in [0.05, 0.1) is 4.91 Å². The van der Waals surface area contributed by atoms with E-state index >= 15 is 0 Å². The van der Waals surface area contributed by atoms with Gasteiger partial charge in [-0.2, -0.15) is 4.72 Å². The van der Waals surface area contributed by atoms with Crippen molar-refractivity contribution >= 4 is 27.7 Å². The molecule has 0 bridgehead atoms. The molecule has 1 N–H and O–H groups in total. The maximum atomic E-state index is 12.3. The highest BCUT2D eigenvalue weighted by molar-refractivity contribution is 7.93. The Balaban J connectivity index is 2.45. The number of rotatable bonds is 2. The van der Waals surface area contributed by atoms with Gasteiger partial charge in [0.2, 0.25) is 16.4 Å². The number of pyridine rings is 1. The van der Waals surface area contributed by atoms with Crippen LogP contribution in [0.15, 0.2) is 23.2 Å². The smallest absolute Gasteiger partial charge is 0.243 e. The van der Waals surface area contributed by atoms with Gasteiger partial charge >= 0.3 is 0 Å². The van der Waals surface area contributed by atoms with Crippen molar-refractivity contribution in [3.05, 3.63) is 34.0 Å². The molecule has 110 valence electrons. The molecule has 1 aromatic heterocycles. The first kappa shape index (κ1) is 15.4. The topological polar surface area (TPSA) is 77.5 Å². The molecule has 1 aromatic rings. The Morgan fingerprint density at radius 2 is 2.20 bits per heavy atom. The average Bonchev–Trinajstić information content (AvgIpc) is 2.35. The van der Waals surface area contributed by atoms with Crippen LogP contribution in [-0.4, -0.2) is 32.5 Å². The first-order valence-electron chi connectivity index (χ1n) is 5.81. The predicted octanol–water partition coefficient (Wildman–Crippen LogP) is 1.73. The summed E-state index contributed by atoms with van der Waals surface area (Å²) in [4.78, 5) is 4.01. The van der Waals surface area contributed by atoms with E-state index in [2.05, 4.69) is 9.71 Å². The number of nitrogens with zero attached hydrogens (tertiary/aromatic N) is 1. The van der Waals surface area contributed by atoms with Crippen LogP contribution >= 0.6 is 11.6 Å². The molecular weight excluding hydrogens is 304 g/mol. The Kier molecular flexibility index (Phi) is 4.17. The van der Waals surface area contributed by atoms with Crippen LogP contribution in [0.5, 0.6) is 0 Å². The van der Waals surface area contributed by atoms with Crippen LogP contribution in [0.25, 0.3) is 6.08 Å². The van der Waals surface area contributed by atoms with Crippen molar-refractivity contribution in [2.75, 3.05) is 7.11 Å². The zero-order valence-corrected chi connectivity index (χ0v) is 12.8. The van der Waals surface area contributed by atoms with E-state index in [0.717, 1.165) is 0 Å². The van der Waals surface area contributed by atoms with E-state index in [1.165, 1.54) is 19.4 Å². The van der Waals surface area contributed by atoms with Crippen LogP contribution in [0, 0.1) is 0 Å². The standard InChI is InChI=1S/C12H15ClN2O4S/c1-12(2)9(6-8-4-5-10(13)14-7-8)20(16,17)15-11(18-3)19-12/h4-7,11,15H,1-3H3/b9-6+. The van der Waals surface area contributed by atoms with E-state index in [-0.39, 0.29) is 4.91 Å². The molecule has 2 heterocycles. The molecule has 20 heavy (non-hydrogen) atoms. The van der Waals surface area contributed by atoms with Crippen LogP contribution < -0.4 is 4.72 Å². The molecular formula is C12H15ClN2O4S. The summed E-state index contributed by atoms with van der Waals surface area (Å²) >= 11 is 5.70. The molecule has 0 spiro atoms. The van der Waals surface area contributed by atoms with Crippen LogP contribution in [-0.2, 0) is 19.5 Å². The number of nitrogens with one attached hydrogen (secondary N) is 1. The van der Waals surface area contributed by atoms with Crippen molar-refractivity contribution in [3.8, 4) is 0 Å². The molecule has 1 atom stereocenters. The monoisotopic (exact) mass is 318 g/mol. The number of hydrogen-bond acceptors (Lipinski definition) is 5. The van der Waals surface area contributed by atoms with E-state index in [1.54, 1.807) is 26.0 Å². The van der Waals surface area contributed by atoms with E-state index < -0.39 is 22.0 Å². The van der Waals surface area contributed by atoms with Gasteiger partial charge in [0.25, 0.3) is 0 Å². The summed E-state index contributed by atoms with van der Waals surface area (Å²) < 4.78 is 37.2. The van der Waals surface area contributed by atoms with Crippen LogP contribution in [0.2, 0.25) is 5.15 Å². The quantitative estimate of drug-likeness (QED) is 0.840. The van der Waals surface area contributed by atoms with Gasteiger partial charge < -0.3 is 9.47 Å². The van der Waals surface area contributed by atoms with Gasteiger partial charge in [-0.3, -0.25) is 0 Å². The Labute approximate surface area is 122 Å². The fraction of sp³-hybridized carbons (Fsp3) is 0.417. The minimum absolute atomic E-state index is 0.0995. The molecule has 1 unspecified atom stereocenters. The zero-order valence-electron chi connectivity index (χ0n) is 11.3. The number of halogens is 1. The molecule has 1 aliphatic heterocycles. The largest absolute Gasteiger partial charge is 0.342 e. The summed E-state index contributed by atoms with van der Waals surface area (Å²) in [6.07, 6.45) is 1.98. The molecule has 6 nitrogen and oxygen atoms in total. The minimum Gasteiger partial charge on any atom is -0.342 e. The van der Waals surface area contributed by atoms with Crippen molar-refractivity contribution in [1.29, 1.82) is 0 Å². The number of aromatic nitrogens is 1. The number of methoxy groups -OCH3 is 1. The number of sulfonamides is 1. The first-order valence-corrected chi connectivity index (χ1v) is 7.67. The molecule has 0 aliphatic carbocycles. The van der Waals surface area contributed by atoms with Crippen LogP contribution in [0.1, 0.15) is 19.4 Å². The van der Waals surface area contributed by atoms with E-state index in [0.29, 0.717) is 10.7 Å². The third kappa shape index (κ3) is 3.18. The Morgan fingerprint density at radius 1 is 1.50 bits per heavy atom. The third-order valence-corrected chi connectivity index (χ3v) is 4.71. The maximum Gasteiger partial charge on any atom is 0.243 e. The molecule has 0 amide bonds. The van der Waals surface area contributed by atoms with E-state index in [9.17, 15) is 8.42 Å². The average molecular weight is 319 g/mol. The van der Waals surface area contributed by atoms with Crippen LogP contribution in [0.3, 0.4) is 0 Å². The predicted molar refractivity (Wildman–Crippen MR) is 75.2 cm³/mol. The molecule has 0 aromatic carbocycles. The van der Waals surface area contributed by atoms with Gasteiger partial charge in [-0.05, 0) is 31.6 Å². The lowest BCUT2D eigenvalue weighted by Gasteiger charge is -2.37. The highest BCUT2D eigenvalue weighted by atomic mass is 35.5. The van der Waals surface area contributed by atoms with Gasteiger partial charge in [0.15, 0.2) is 0 Å². The van der Waals surface area contributed by atoms with E-state index in [1.807, 2.05) is 0 Å². The van der Waals surface area contributed by atoms with Crippen molar-refractivity contribution < 1.29 is 17.9 Å². The summed E-state index contributed by atoms with van der Waals surface area (Å²) in [6, 6.07) is 3.26. The second kappa shape index (κ2) is 5.42. The van der Waals surface area contributed by atoms with Gasteiger partial charge in [-0.25, -0.2) is 13.4 Å². The zero-order chi connectivity index (χ0) is 15.0. The summed E-state index contributed by atoms with van der Waals surface area (Å²) in [5.41, 5.74) is -0.410. The molecule has 0 radical (unpaired) electrons. The molecule has 1 aliphatic rings. The number of hydrogen-bond donors (Lipinski definition) is 1. The molecule has 0 saturated carbocycles. The van der Waals surface area contributed by atoms with E-state index in [4.69, 9.17) is 21.1 Å². The molecule has 2 rings (SSSR count). The normalized spacial score (nSPS) is 26.6. The minimum atomic E-state index is -3.70. The summed E-state index contributed by atoms with van der Waals surface area (Å²) in [7, 11) is -2.34.